The number of ether oxygens (including phenoxy) is 1. The van der Waals surface area contributed by atoms with Gasteiger partial charge in [-0.1, -0.05) is 33.8 Å². The highest BCUT2D eigenvalue weighted by atomic mass is 16.5. The molecule has 0 aliphatic carbocycles. The molecule has 0 aromatic carbocycles. The minimum absolute atomic E-state index is 0. The second kappa shape index (κ2) is 7.52. The van der Waals surface area contributed by atoms with Crippen LogP contribution in [0.25, 0.3) is 0 Å². The number of methoxy groups -OCH3 is 1. The first-order valence-corrected chi connectivity index (χ1v) is 8.53. The van der Waals surface area contributed by atoms with E-state index in [4.69, 9.17) is 4.74 Å². The van der Waals surface area contributed by atoms with E-state index in [0.717, 1.165) is 25.1 Å². The predicted octanol–water partition coefficient (Wildman–Crippen LogP) is 4.09. The van der Waals surface area contributed by atoms with Crippen LogP contribution in [0.1, 0.15) is 62.2 Å². The van der Waals surface area contributed by atoms with Crippen molar-refractivity contribution in [1.82, 2.24) is 10.2 Å². The average molecular weight is 325 g/mol. The van der Waals surface area contributed by atoms with Gasteiger partial charge in [-0.2, -0.15) is 0 Å². The Morgan fingerprint density at radius 1 is 1.30 bits per heavy atom. The minimum atomic E-state index is -0.550. The van der Waals surface area contributed by atoms with Crippen molar-refractivity contribution in [3.8, 4) is 0 Å². The number of carbonyl (C=O) groups excluding carboxylic acids is 1. The number of nitrogens with zero attached hydrogens (tertiary/aromatic N) is 1. The zero-order chi connectivity index (χ0) is 17.8. The molecule has 1 aliphatic rings. The van der Waals surface area contributed by atoms with E-state index < -0.39 is 5.54 Å². The lowest BCUT2D eigenvalue weighted by atomic mass is 9.92. The summed E-state index contributed by atoms with van der Waals surface area (Å²) in [7, 11) is 1.64. The van der Waals surface area contributed by atoms with Gasteiger partial charge >= 0.3 is 0 Å². The van der Waals surface area contributed by atoms with E-state index in [-0.39, 0.29) is 12.7 Å². The van der Waals surface area contributed by atoms with Gasteiger partial charge in [-0.15, -0.1) is 0 Å². The van der Waals surface area contributed by atoms with Crippen LogP contribution in [-0.4, -0.2) is 36.0 Å². The summed E-state index contributed by atoms with van der Waals surface area (Å²) in [4.78, 5) is 15.1. The van der Waals surface area contributed by atoms with Gasteiger partial charge < -0.3 is 10.1 Å². The quantitative estimate of drug-likeness (QED) is 0.612. The van der Waals surface area contributed by atoms with E-state index in [1.54, 1.807) is 7.11 Å². The molecular formula is C19H36N2O2. The molecule has 4 heteroatoms. The van der Waals surface area contributed by atoms with Gasteiger partial charge in [0, 0.05) is 18.6 Å². The molecule has 1 N–H and O–H groups in total. The van der Waals surface area contributed by atoms with Crippen LogP contribution in [0.4, 0.5) is 0 Å². The average Bonchev–Trinajstić information content (AvgIpc) is 2.43. The smallest absolute Gasteiger partial charge is 0.244 e. The maximum Gasteiger partial charge on any atom is 0.244 e. The molecule has 0 saturated carbocycles. The topological polar surface area (TPSA) is 41.6 Å². The summed E-state index contributed by atoms with van der Waals surface area (Å²) in [5.74, 6) is 0.781. The van der Waals surface area contributed by atoms with Gasteiger partial charge in [-0.3, -0.25) is 9.69 Å². The highest BCUT2D eigenvalue weighted by Crippen LogP contribution is 2.28. The van der Waals surface area contributed by atoms with Crippen LogP contribution in [0, 0.1) is 5.41 Å². The molecule has 1 aliphatic heterocycles. The number of piperidine rings is 1. The van der Waals surface area contributed by atoms with Gasteiger partial charge in [-0.25, -0.2) is 0 Å². The summed E-state index contributed by atoms with van der Waals surface area (Å²) in [6.07, 6.45) is 5.36. The number of allylic oxidation sites excluding steroid dienone is 2. The van der Waals surface area contributed by atoms with E-state index in [2.05, 4.69) is 44.5 Å². The van der Waals surface area contributed by atoms with E-state index in [1.165, 1.54) is 6.42 Å². The largest absolute Gasteiger partial charge is 0.500 e. The Balaban J connectivity index is 0.00000529. The van der Waals surface area contributed by atoms with Crippen molar-refractivity contribution < 1.29 is 11.0 Å². The van der Waals surface area contributed by atoms with Crippen LogP contribution in [-0.2, 0) is 9.53 Å². The summed E-state index contributed by atoms with van der Waals surface area (Å²) < 4.78 is 5.42. The molecule has 0 bridgehead atoms. The monoisotopic (exact) mass is 324 g/mol. The number of amides is 1. The Labute approximate surface area is 143 Å². The Kier molecular flexibility index (Phi) is 6.46. The van der Waals surface area contributed by atoms with Crippen molar-refractivity contribution in [2.24, 2.45) is 5.41 Å². The van der Waals surface area contributed by atoms with Crippen molar-refractivity contribution in [1.29, 1.82) is 0 Å². The first-order valence-electron chi connectivity index (χ1n) is 8.53. The summed E-state index contributed by atoms with van der Waals surface area (Å²) in [5.41, 5.74) is -0.107. The number of rotatable bonds is 5. The minimum Gasteiger partial charge on any atom is -0.500 e. The number of carbonyl (C=O) groups is 1. The lowest BCUT2D eigenvalue weighted by Gasteiger charge is -2.44. The fourth-order valence-corrected chi connectivity index (χ4v) is 3.13. The first kappa shape index (κ1) is 19.8. The van der Waals surface area contributed by atoms with E-state index in [0.29, 0.717) is 11.7 Å². The summed E-state index contributed by atoms with van der Waals surface area (Å²) in [6, 6.07) is 0.428. The van der Waals surface area contributed by atoms with Crippen LogP contribution in [0.3, 0.4) is 0 Å². The highest BCUT2D eigenvalue weighted by molar-refractivity contribution is 5.87. The van der Waals surface area contributed by atoms with Gasteiger partial charge in [0.1, 0.15) is 5.76 Å². The third-order valence-corrected chi connectivity index (χ3v) is 4.62. The number of hydrogen-bond donors (Lipinski definition) is 1. The predicted molar refractivity (Wildman–Crippen MR) is 98.0 cm³/mol. The highest BCUT2D eigenvalue weighted by Gasteiger charge is 2.38. The van der Waals surface area contributed by atoms with Crippen molar-refractivity contribution in [2.45, 2.75) is 72.4 Å². The Morgan fingerprint density at radius 2 is 1.91 bits per heavy atom. The van der Waals surface area contributed by atoms with E-state index in [1.807, 2.05) is 19.9 Å². The Morgan fingerprint density at radius 3 is 2.39 bits per heavy atom. The Hall–Kier alpha value is -1.29. The van der Waals surface area contributed by atoms with Crippen molar-refractivity contribution in [2.75, 3.05) is 13.7 Å². The molecule has 1 saturated heterocycles. The maximum atomic E-state index is 12.8. The van der Waals surface area contributed by atoms with Crippen LogP contribution in [0.2, 0.25) is 0 Å². The van der Waals surface area contributed by atoms with Gasteiger partial charge in [0.15, 0.2) is 0 Å². The second-order valence-electron chi connectivity index (χ2n) is 8.04. The van der Waals surface area contributed by atoms with Crippen LogP contribution in [0.5, 0.6) is 0 Å². The van der Waals surface area contributed by atoms with E-state index >= 15 is 0 Å². The molecule has 4 nitrogen and oxygen atoms in total. The molecule has 1 heterocycles. The SMILES string of the molecule is C=C(/C=C(\OC)C(C)(C)C)NC(=O)C(C)(C)N1CCCCC1C.[HH]. The molecule has 23 heavy (non-hydrogen) atoms. The van der Waals surface area contributed by atoms with Crippen molar-refractivity contribution >= 4 is 5.91 Å². The fraction of sp³-hybridized carbons (Fsp3) is 0.737. The second-order valence-corrected chi connectivity index (χ2v) is 8.04. The van der Waals surface area contributed by atoms with Crippen LogP contribution < -0.4 is 5.32 Å². The molecule has 1 amide bonds. The molecule has 1 unspecified atom stereocenters. The molecule has 0 aromatic heterocycles. The van der Waals surface area contributed by atoms with Crippen LogP contribution >= 0.6 is 0 Å². The number of nitrogens with one attached hydrogen (secondary N) is 1. The molecule has 1 fully saturated rings. The lowest BCUT2D eigenvalue weighted by molar-refractivity contribution is -0.133. The molecule has 0 aromatic rings. The van der Waals surface area contributed by atoms with E-state index in [9.17, 15) is 4.79 Å². The van der Waals surface area contributed by atoms with Gasteiger partial charge in [0.25, 0.3) is 0 Å². The molecular weight excluding hydrogens is 288 g/mol. The van der Waals surface area contributed by atoms with Gasteiger partial charge in [0.2, 0.25) is 5.91 Å². The first-order chi connectivity index (χ1) is 10.5. The molecule has 0 radical (unpaired) electrons. The zero-order valence-corrected chi connectivity index (χ0v) is 16.0. The van der Waals surface area contributed by atoms with Gasteiger partial charge in [0.05, 0.1) is 12.6 Å². The number of hydrogen-bond acceptors (Lipinski definition) is 3. The number of likely N-dealkylation sites (tertiary alicyclic amines) is 1. The maximum absolute atomic E-state index is 12.8. The molecule has 0 spiro atoms. The normalized spacial score (nSPS) is 21.0. The molecule has 134 valence electrons. The Bertz CT molecular complexity index is 478. The third-order valence-electron chi connectivity index (χ3n) is 4.62. The lowest BCUT2D eigenvalue weighted by Crippen LogP contribution is -2.58. The van der Waals surface area contributed by atoms with Gasteiger partial charge in [-0.05, 0) is 46.2 Å². The van der Waals surface area contributed by atoms with Crippen LogP contribution in [0.15, 0.2) is 24.1 Å². The third kappa shape index (κ3) is 5.10. The zero-order valence-electron chi connectivity index (χ0n) is 16.0. The molecule has 1 rings (SSSR count). The summed E-state index contributed by atoms with van der Waals surface area (Å²) >= 11 is 0. The fourth-order valence-electron chi connectivity index (χ4n) is 3.13. The standard InChI is InChI=1S/C19H34N2O2.H2/c1-14(13-16(23-8)18(3,4)5)20-17(22)19(6,7)21-12-10-9-11-15(21)2;/h13,15H,1,9-12H2,2-8H3,(H,20,22);1H/b16-13-;. The van der Waals surface area contributed by atoms with Crippen molar-refractivity contribution in [3.05, 3.63) is 24.1 Å². The van der Waals surface area contributed by atoms with Crippen molar-refractivity contribution in [3.63, 3.8) is 0 Å². The molecule has 1 atom stereocenters. The summed E-state index contributed by atoms with van der Waals surface area (Å²) in [5, 5.41) is 2.94. The summed E-state index contributed by atoms with van der Waals surface area (Å²) in [6.45, 7) is 17.3.